The maximum atomic E-state index is 12.1. The Labute approximate surface area is 167 Å². The number of aromatic nitrogens is 3. The van der Waals surface area contributed by atoms with Gasteiger partial charge in [-0.05, 0) is 55.4 Å². The third-order valence-electron chi connectivity index (χ3n) is 4.04. The molecule has 0 fully saturated rings. The van der Waals surface area contributed by atoms with Gasteiger partial charge in [0, 0.05) is 0 Å². The summed E-state index contributed by atoms with van der Waals surface area (Å²) in [6, 6.07) is 13.5. The summed E-state index contributed by atoms with van der Waals surface area (Å²) in [5.41, 5.74) is 2.91. The highest BCUT2D eigenvalue weighted by Gasteiger charge is 2.06. The van der Waals surface area contributed by atoms with Crippen molar-refractivity contribution in [1.82, 2.24) is 14.9 Å². The van der Waals surface area contributed by atoms with Crippen LogP contribution >= 0.6 is 12.2 Å². The van der Waals surface area contributed by atoms with Crippen molar-refractivity contribution < 1.29 is 9.47 Å². The van der Waals surface area contributed by atoms with Gasteiger partial charge >= 0.3 is 0 Å². The molecular weight excluding hydrogens is 376 g/mol. The van der Waals surface area contributed by atoms with Crippen LogP contribution in [0.4, 0.5) is 0 Å². The number of benzene rings is 2. The standard InChI is InChI=1S/C20H20N4O3S/c1-13-4-6-15(7-5-13)12-27-17-9-8-16(10-18(17)26-3)11-21-24-19(25)14(2)22-23-20(24)28/h4-11H,12H2,1-3H3,(H,23,28)/b21-11+. The van der Waals surface area contributed by atoms with Gasteiger partial charge in [-0.15, -0.1) is 0 Å². The summed E-state index contributed by atoms with van der Waals surface area (Å²) in [4.78, 5) is 12.1. The highest BCUT2D eigenvalue weighted by molar-refractivity contribution is 7.71. The third-order valence-corrected chi connectivity index (χ3v) is 4.30. The summed E-state index contributed by atoms with van der Waals surface area (Å²) < 4.78 is 12.5. The van der Waals surface area contributed by atoms with Gasteiger partial charge in [0.25, 0.3) is 5.56 Å². The Kier molecular flexibility index (Phi) is 6.00. The quantitative estimate of drug-likeness (QED) is 0.510. The molecule has 3 aromatic rings. The van der Waals surface area contributed by atoms with Gasteiger partial charge in [0.2, 0.25) is 4.77 Å². The number of methoxy groups -OCH3 is 1. The number of rotatable bonds is 6. The average Bonchev–Trinajstić information content (AvgIpc) is 2.70. The minimum atomic E-state index is -0.370. The van der Waals surface area contributed by atoms with Crippen LogP contribution < -0.4 is 15.0 Å². The van der Waals surface area contributed by atoms with Crippen molar-refractivity contribution >= 4 is 18.4 Å². The molecule has 1 heterocycles. The fourth-order valence-corrected chi connectivity index (χ4v) is 2.61. The highest BCUT2D eigenvalue weighted by atomic mass is 32.1. The Bertz CT molecular complexity index is 1120. The maximum absolute atomic E-state index is 12.1. The lowest BCUT2D eigenvalue weighted by Gasteiger charge is -2.11. The first-order valence-electron chi connectivity index (χ1n) is 8.57. The predicted octanol–water partition coefficient (Wildman–Crippen LogP) is 3.39. The van der Waals surface area contributed by atoms with Crippen LogP contribution in [0.5, 0.6) is 11.5 Å². The van der Waals surface area contributed by atoms with Crippen LogP contribution in [0.1, 0.15) is 22.4 Å². The van der Waals surface area contributed by atoms with Crippen molar-refractivity contribution in [3.63, 3.8) is 0 Å². The number of nitrogens with one attached hydrogen (secondary N) is 1. The van der Waals surface area contributed by atoms with E-state index < -0.39 is 0 Å². The second-order valence-corrected chi connectivity index (χ2v) is 6.55. The number of ether oxygens (including phenoxy) is 2. The lowest BCUT2D eigenvalue weighted by atomic mass is 10.2. The van der Waals surface area contributed by atoms with Crippen molar-refractivity contribution in [2.24, 2.45) is 5.10 Å². The molecule has 0 saturated heterocycles. The largest absolute Gasteiger partial charge is 0.493 e. The van der Waals surface area contributed by atoms with E-state index in [-0.39, 0.29) is 16.0 Å². The molecule has 8 heteroatoms. The van der Waals surface area contributed by atoms with Crippen LogP contribution in [0.2, 0.25) is 0 Å². The zero-order valence-corrected chi connectivity index (χ0v) is 16.6. The Balaban J connectivity index is 1.79. The Morgan fingerprint density at radius 1 is 1.18 bits per heavy atom. The van der Waals surface area contributed by atoms with Crippen molar-refractivity contribution in [2.45, 2.75) is 20.5 Å². The van der Waals surface area contributed by atoms with E-state index in [1.165, 1.54) is 11.8 Å². The summed E-state index contributed by atoms with van der Waals surface area (Å²) >= 11 is 5.06. The van der Waals surface area contributed by atoms with E-state index in [9.17, 15) is 4.79 Å². The molecule has 3 rings (SSSR count). The fraction of sp³-hybridized carbons (Fsp3) is 0.200. The van der Waals surface area contributed by atoms with Crippen LogP contribution in [0, 0.1) is 18.6 Å². The number of hydrogen-bond donors (Lipinski definition) is 1. The fourth-order valence-electron chi connectivity index (χ4n) is 2.43. The summed E-state index contributed by atoms with van der Waals surface area (Å²) in [6.45, 7) is 4.07. The van der Waals surface area contributed by atoms with E-state index >= 15 is 0 Å². The molecule has 0 aliphatic heterocycles. The van der Waals surface area contributed by atoms with Gasteiger partial charge in [-0.3, -0.25) is 9.89 Å². The van der Waals surface area contributed by atoms with Gasteiger partial charge in [0.05, 0.1) is 13.3 Å². The normalized spacial score (nSPS) is 11.0. The Morgan fingerprint density at radius 2 is 1.93 bits per heavy atom. The second kappa shape index (κ2) is 8.62. The molecule has 0 bridgehead atoms. The molecule has 0 unspecified atom stereocenters. The highest BCUT2D eigenvalue weighted by Crippen LogP contribution is 2.28. The Hall–Kier alpha value is -3.26. The smallest absolute Gasteiger partial charge is 0.296 e. The zero-order chi connectivity index (χ0) is 20.1. The van der Waals surface area contributed by atoms with Gasteiger partial charge in [0.15, 0.2) is 11.5 Å². The van der Waals surface area contributed by atoms with E-state index in [4.69, 9.17) is 21.7 Å². The molecule has 0 radical (unpaired) electrons. The van der Waals surface area contributed by atoms with Crippen molar-refractivity contribution in [1.29, 1.82) is 0 Å². The summed E-state index contributed by atoms with van der Waals surface area (Å²) in [6.07, 6.45) is 1.52. The van der Waals surface area contributed by atoms with E-state index in [1.807, 2.05) is 37.3 Å². The molecule has 28 heavy (non-hydrogen) atoms. The lowest BCUT2D eigenvalue weighted by Crippen LogP contribution is -2.22. The second-order valence-electron chi connectivity index (χ2n) is 6.16. The molecule has 7 nitrogen and oxygen atoms in total. The summed E-state index contributed by atoms with van der Waals surface area (Å²) in [5, 5.41) is 10.5. The summed E-state index contributed by atoms with van der Waals surface area (Å²) in [7, 11) is 1.57. The molecular formula is C20H20N4O3S. The molecule has 0 spiro atoms. The van der Waals surface area contributed by atoms with E-state index in [0.717, 1.165) is 15.8 Å². The Morgan fingerprint density at radius 3 is 2.64 bits per heavy atom. The molecule has 0 saturated carbocycles. The number of nitrogens with zero attached hydrogens (tertiary/aromatic N) is 3. The molecule has 0 amide bonds. The van der Waals surface area contributed by atoms with Gasteiger partial charge < -0.3 is 9.47 Å². The van der Waals surface area contributed by atoms with Crippen molar-refractivity contribution in [2.75, 3.05) is 7.11 Å². The molecule has 144 valence electrons. The van der Waals surface area contributed by atoms with Crippen molar-refractivity contribution in [3.05, 3.63) is 80.0 Å². The van der Waals surface area contributed by atoms with Crippen molar-refractivity contribution in [3.8, 4) is 11.5 Å². The molecule has 0 atom stereocenters. The van der Waals surface area contributed by atoms with Gasteiger partial charge in [-0.25, -0.2) is 0 Å². The van der Waals surface area contributed by atoms with Crippen LogP contribution in [-0.4, -0.2) is 28.2 Å². The van der Waals surface area contributed by atoms with E-state index in [2.05, 4.69) is 15.3 Å². The molecule has 0 aliphatic carbocycles. The lowest BCUT2D eigenvalue weighted by molar-refractivity contribution is 0.284. The van der Waals surface area contributed by atoms with E-state index in [1.54, 1.807) is 26.2 Å². The first-order chi connectivity index (χ1) is 13.5. The molecule has 2 aromatic carbocycles. The number of hydrogen-bond acceptors (Lipinski definition) is 6. The maximum Gasteiger partial charge on any atom is 0.296 e. The zero-order valence-electron chi connectivity index (χ0n) is 15.8. The SMILES string of the molecule is COc1cc(/C=N/n2c(=S)[nH]nc(C)c2=O)ccc1OCc1ccc(C)cc1. The number of H-pyrrole nitrogens is 1. The van der Waals surface area contributed by atoms with Gasteiger partial charge in [0.1, 0.15) is 12.3 Å². The predicted molar refractivity (Wildman–Crippen MR) is 110 cm³/mol. The van der Waals surface area contributed by atoms with Crippen LogP contribution in [0.25, 0.3) is 0 Å². The summed E-state index contributed by atoms with van der Waals surface area (Å²) in [5.74, 6) is 1.19. The van der Waals surface area contributed by atoms with Crippen LogP contribution in [0.15, 0.2) is 52.4 Å². The van der Waals surface area contributed by atoms with Crippen LogP contribution in [0.3, 0.4) is 0 Å². The minimum absolute atomic E-state index is 0.122. The molecule has 1 aromatic heterocycles. The van der Waals surface area contributed by atoms with E-state index in [0.29, 0.717) is 18.1 Å². The first-order valence-corrected chi connectivity index (χ1v) is 8.98. The monoisotopic (exact) mass is 396 g/mol. The molecule has 0 aliphatic rings. The first kappa shape index (κ1) is 19.5. The van der Waals surface area contributed by atoms with Gasteiger partial charge in [-0.2, -0.15) is 14.9 Å². The average molecular weight is 396 g/mol. The van der Waals surface area contributed by atoms with Crippen LogP contribution in [-0.2, 0) is 6.61 Å². The number of aromatic amines is 1. The molecule has 1 N–H and O–H groups in total. The van der Waals surface area contributed by atoms with Gasteiger partial charge in [-0.1, -0.05) is 29.8 Å². The third kappa shape index (κ3) is 4.52. The topological polar surface area (TPSA) is 81.5 Å². The number of aryl methyl sites for hydroxylation is 2. The minimum Gasteiger partial charge on any atom is -0.493 e.